The maximum Gasteiger partial charge on any atom is 0.213 e. The van der Waals surface area contributed by atoms with Crippen molar-refractivity contribution in [2.24, 2.45) is 5.92 Å². The van der Waals surface area contributed by atoms with E-state index in [0.29, 0.717) is 17.3 Å². The summed E-state index contributed by atoms with van der Waals surface area (Å²) in [6.07, 6.45) is 1.74. The van der Waals surface area contributed by atoms with Gasteiger partial charge in [-0.2, -0.15) is 9.61 Å². The van der Waals surface area contributed by atoms with E-state index < -0.39 is 0 Å². The minimum atomic E-state index is 0.513. The van der Waals surface area contributed by atoms with Crippen molar-refractivity contribution in [2.75, 3.05) is 0 Å². The molecule has 0 saturated carbocycles. The van der Waals surface area contributed by atoms with Crippen LogP contribution in [0.4, 0.5) is 0 Å². The summed E-state index contributed by atoms with van der Waals surface area (Å²) < 4.78 is 1.68. The van der Waals surface area contributed by atoms with Gasteiger partial charge in [0.2, 0.25) is 4.96 Å². The summed E-state index contributed by atoms with van der Waals surface area (Å²) in [4.78, 5) is 17.1. The lowest BCUT2D eigenvalue weighted by molar-refractivity contribution is 0.111. The lowest BCUT2D eigenvalue weighted by Crippen LogP contribution is -1.98. The molecule has 0 fully saturated rings. The van der Waals surface area contributed by atoms with Gasteiger partial charge >= 0.3 is 0 Å². The van der Waals surface area contributed by atoms with Gasteiger partial charge in [0.25, 0.3) is 0 Å². The zero-order valence-electron chi connectivity index (χ0n) is 14.7. The predicted molar refractivity (Wildman–Crippen MR) is 106 cm³/mol. The summed E-state index contributed by atoms with van der Waals surface area (Å²) in [5.41, 5.74) is 4.43. The first-order valence-corrected chi connectivity index (χ1v) is 9.47. The van der Waals surface area contributed by atoms with Gasteiger partial charge in [-0.3, -0.25) is 4.79 Å². The molecule has 0 aliphatic heterocycles. The van der Waals surface area contributed by atoms with Crippen LogP contribution in [0.15, 0.2) is 54.6 Å². The highest BCUT2D eigenvalue weighted by molar-refractivity contribution is 7.16. The van der Waals surface area contributed by atoms with Crippen LogP contribution in [0.3, 0.4) is 0 Å². The molecule has 0 N–H and O–H groups in total. The maximum absolute atomic E-state index is 11.7. The number of benzene rings is 2. The Balaban J connectivity index is 1.72. The van der Waals surface area contributed by atoms with Gasteiger partial charge in [0, 0.05) is 12.0 Å². The minimum Gasteiger partial charge on any atom is -0.296 e. The van der Waals surface area contributed by atoms with Crippen molar-refractivity contribution in [3.05, 3.63) is 65.3 Å². The number of aldehydes is 1. The SMILES string of the molecule is CC(C)Cc1nn2c(C=O)c(-c3ccc(-c4ccccc4)cc3)nc2s1. The number of carbonyl (C=O) groups is 1. The molecule has 4 nitrogen and oxygen atoms in total. The summed E-state index contributed by atoms with van der Waals surface area (Å²) >= 11 is 1.55. The van der Waals surface area contributed by atoms with Gasteiger partial charge in [-0.15, -0.1) is 0 Å². The summed E-state index contributed by atoms with van der Waals surface area (Å²) in [7, 11) is 0. The number of nitrogens with zero attached hydrogens (tertiary/aromatic N) is 3. The molecule has 26 heavy (non-hydrogen) atoms. The molecule has 0 radical (unpaired) electrons. The fourth-order valence-corrected chi connectivity index (χ4v) is 4.12. The molecule has 2 aromatic heterocycles. The summed E-state index contributed by atoms with van der Waals surface area (Å²) in [6.45, 7) is 4.31. The molecule has 0 atom stereocenters. The third-order valence-electron chi connectivity index (χ3n) is 4.24. The zero-order chi connectivity index (χ0) is 18.1. The normalized spacial score (nSPS) is 11.3. The fraction of sp³-hybridized carbons (Fsp3) is 0.190. The second-order valence-electron chi connectivity index (χ2n) is 6.70. The second-order valence-corrected chi connectivity index (χ2v) is 7.74. The van der Waals surface area contributed by atoms with Crippen LogP contribution in [0.25, 0.3) is 27.3 Å². The van der Waals surface area contributed by atoms with Gasteiger partial charge in [-0.05, 0) is 17.0 Å². The van der Waals surface area contributed by atoms with Crippen molar-refractivity contribution in [3.63, 3.8) is 0 Å². The van der Waals surface area contributed by atoms with E-state index in [-0.39, 0.29) is 0 Å². The molecule has 5 heteroatoms. The standard InChI is InChI=1S/C21H19N3OS/c1-14(2)12-19-23-24-18(13-25)20(22-21(24)26-19)17-10-8-16(9-11-17)15-6-4-3-5-7-15/h3-11,13-14H,12H2,1-2H3. The third kappa shape index (κ3) is 3.06. The van der Waals surface area contributed by atoms with Crippen molar-refractivity contribution < 1.29 is 4.79 Å². The van der Waals surface area contributed by atoms with Gasteiger partial charge in [0.15, 0.2) is 6.29 Å². The van der Waals surface area contributed by atoms with Crippen LogP contribution < -0.4 is 0 Å². The quantitative estimate of drug-likeness (QED) is 0.463. The van der Waals surface area contributed by atoms with E-state index in [2.05, 4.69) is 48.2 Å². The molecule has 2 aromatic carbocycles. The Morgan fingerprint density at radius 1 is 1.00 bits per heavy atom. The van der Waals surface area contributed by atoms with Crippen molar-refractivity contribution in [3.8, 4) is 22.4 Å². The molecule has 0 aliphatic rings. The van der Waals surface area contributed by atoms with E-state index in [9.17, 15) is 4.79 Å². The summed E-state index contributed by atoms with van der Waals surface area (Å²) in [5, 5.41) is 5.59. The van der Waals surface area contributed by atoms with E-state index in [0.717, 1.165) is 33.8 Å². The highest BCUT2D eigenvalue weighted by atomic mass is 32.1. The van der Waals surface area contributed by atoms with Crippen LogP contribution in [-0.2, 0) is 6.42 Å². The molecule has 0 amide bonds. The molecule has 0 bridgehead atoms. The van der Waals surface area contributed by atoms with Gasteiger partial charge < -0.3 is 0 Å². The number of imidazole rings is 1. The lowest BCUT2D eigenvalue weighted by Gasteiger charge is -2.03. The van der Waals surface area contributed by atoms with Crippen LogP contribution in [0, 0.1) is 5.92 Å². The number of hydrogen-bond donors (Lipinski definition) is 0. The Kier molecular flexibility index (Phi) is 4.39. The number of hydrogen-bond acceptors (Lipinski definition) is 4. The van der Waals surface area contributed by atoms with Crippen molar-refractivity contribution in [1.29, 1.82) is 0 Å². The van der Waals surface area contributed by atoms with Crippen molar-refractivity contribution in [2.45, 2.75) is 20.3 Å². The maximum atomic E-state index is 11.7. The highest BCUT2D eigenvalue weighted by Gasteiger charge is 2.18. The number of rotatable bonds is 5. The van der Waals surface area contributed by atoms with E-state index in [1.807, 2.05) is 30.3 Å². The molecular weight excluding hydrogens is 342 g/mol. The lowest BCUT2D eigenvalue weighted by atomic mass is 10.0. The van der Waals surface area contributed by atoms with Crippen LogP contribution >= 0.6 is 11.3 Å². The Hall–Kier alpha value is -2.79. The highest BCUT2D eigenvalue weighted by Crippen LogP contribution is 2.29. The van der Waals surface area contributed by atoms with E-state index in [1.54, 1.807) is 15.9 Å². The van der Waals surface area contributed by atoms with Crippen LogP contribution in [0.1, 0.15) is 29.3 Å². The van der Waals surface area contributed by atoms with Gasteiger partial charge in [0.1, 0.15) is 16.4 Å². The minimum absolute atomic E-state index is 0.513. The summed E-state index contributed by atoms with van der Waals surface area (Å²) in [5.74, 6) is 0.524. The average Bonchev–Trinajstić information content (AvgIpc) is 3.18. The molecular formula is C21H19N3OS. The average molecular weight is 361 g/mol. The van der Waals surface area contributed by atoms with Gasteiger partial charge in [0.05, 0.1) is 0 Å². The topological polar surface area (TPSA) is 47.3 Å². The first-order chi connectivity index (χ1) is 12.7. The van der Waals surface area contributed by atoms with Crippen LogP contribution in [0.5, 0.6) is 0 Å². The first kappa shape index (κ1) is 16.7. The molecule has 4 rings (SSSR count). The zero-order valence-corrected chi connectivity index (χ0v) is 15.5. The molecule has 0 aliphatic carbocycles. The largest absolute Gasteiger partial charge is 0.296 e. The Morgan fingerprint density at radius 3 is 2.31 bits per heavy atom. The first-order valence-electron chi connectivity index (χ1n) is 8.65. The Morgan fingerprint density at radius 2 is 1.65 bits per heavy atom. The Bertz CT molecular complexity index is 1050. The third-order valence-corrected chi connectivity index (χ3v) is 5.17. The molecule has 130 valence electrons. The van der Waals surface area contributed by atoms with Crippen molar-refractivity contribution in [1.82, 2.24) is 14.6 Å². The molecule has 2 heterocycles. The van der Waals surface area contributed by atoms with Crippen LogP contribution in [-0.4, -0.2) is 20.9 Å². The molecule has 0 unspecified atom stereocenters. The smallest absolute Gasteiger partial charge is 0.213 e. The van der Waals surface area contributed by atoms with Crippen LogP contribution in [0.2, 0.25) is 0 Å². The van der Waals surface area contributed by atoms with Crippen molar-refractivity contribution >= 4 is 22.6 Å². The molecule has 4 aromatic rings. The van der Waals surface area contributed by atoms with E-state index >= 15 is 0 Å². The number of aromatic nitrogens is 3. The Labute approximate surface area is 156 Å². The van der Waals surface area contributed by atoms with E-state index in [4.69, 9.17) is 0 Å². The second kappa shape index (κ2) is 6.84. The molecule has 0 spiro atoms. The summed E-state index contributed by atoms with van der Waals surface area (Å²) in [6, 6.07) is 18.4. The predicted octanol–water partition coefficient (Wildman–Crippen LogP) is 5.14. The number of carbonyl (C=O) groups excluding carboxylic acids is 1. The number of fused-ring (bicyclic) bond motifs is 1. The monoisotopic (exact) mass is 361 g/mol. The molecule has 0 saturated heterocycles. The fourth-order valence-electron chi connectivity index (χ4n) is 3.00. The van der Waals surface area contributed by atoms with Gasteiger partial charge in [-0.25, -0.2) is 4.98 Å². The van der Waals surface area contributed by atoms with E-state index in [1.165, 1.54) is 5.56 Å². The van der Waals surface area contributed by atoms with Gasteiger partial charge in [-0.1, -0.05) is 79.8 Å².